The van der Waals surface area contributed by atoms with E-state index in [1.807, 2.05) is 107 Å². The van der Waals surface area contributed by atoms with Crippen molar-refractivity contribution in [3.63, 3.8) is 0 Å². The number of carbonyl (C=O) groups is 3. The molecule has 3 heterocycles. The quantitative estimate of drug-likeness (QED) is 0.132. The Morgan fingerprint density at radius 1 is 0.946 bits per heavy atom. The van der Waals surface area contributed by atoms with E-state index in [0.717, 1.165) is 28.8 Å². The summed E-state index contributed by atoms with van der Waals surface area (Å²) in [5.41, 5.74) is 5.02. The Morgan fingerprint density at radius 2 is 1.68 bits per heavy atom. The molecule has 13 heteroatoms. The minimum absolute atomic E-state index is 0.0424. The number of benzene rings is 2. The lowest BCUT2D eigenvalue weighted by atomic mass is 9.86. The highest BCUT2D eigenvalue weighted by Gasteiger charge is 2.60. The molecule has 4 N–H and O–H groups in total. The van der Waals surface area contributed by atoms with Crippen molar-refractivity contribution in [2.75, 3.05) is 19.8 Å². The predicted octanol–water partition coefficient (Wildman–Crippen LogP) is 5.76. The van der Waals surface area contributed by atoms with Gasteiger partial charge in [0.1, 0.15) is 17.7 Å². The predicted molar refractivity (Wildman–Crippen MR) is 210 cm³/mol. The molecule has 7 atom stereocenters. The van der Waals surface area contributed by atoms with E-state index >= 15 is 0 Å². The Morgan fingerprint density at radius 3 is 2.36 bits per heavy atom. The fraction of sp³-hybridized carbons (Fsp3) is 0.535. The molecule has 3 aliphatic rings. The molecule has 13 nitrogen and oxygen atoms in total. The number of aromatic nitrogens is 1. The highest BCUT2D eigenvalue weighted by Crippen LogP contribution is 2.52. The molecule has 6 rings (SSSR count). The van der Waals surface area contributed by atoms with Crippen LogP contribution in [0.3, 0.4) is 0 Å². The van der Waals surface area contributed by atoms with E-state index in [0.29, 0.717) is 32.3 Å². The molecule has 0 spiro atoms. The standard InChI is InChI=1S/C43H57N5O8/c1-6-33(7-2)55-40(51)46-37(42(3,4)5)38(50)47-48(24-29-16-18-30(19-17-29)34-15-11-12-20-44-34)25-36(49)35(21-28-13-9-8-10-14-28)45-41(52)56-43-23-31-22-32(43)26-53-39(31)54-27-43/h8-20,31-33,35-37,39,49H,6-7,21-27H2,1-5H3,(H,45,52)(H,46,51)(H,47,50)/t31?,32?,35-,36-,37+,39?,43?/m0/s1. The van der Waals surface area contributed by atoms with E-state index in [-0.39, 0.29) is 43.9 Å². The average Bonchev–Trinajstić information content (AvgIpc) is 3.26. The molecular weight excluding hydrogens is 715 g/mol. The second-order valence-corrected chi connectivity index (χ2v) is 16.4. The van der Waals surface area contributed by atoms with Crippen LogP contribution in [0.5, 0.6) is 0 Å². The van der Waals surface area contributed by atoms with Gasteiger partial charge in [0.15, 0.2) is 6.29 Å². The van der Waals surface area contributed by atoms with Gasteiger partial charge in [-0.3, -0.25) is 15.2 Å². The van der Waals surface area contributed by atoms with Gasteiger partial charge in [0.2, 0.25) is 0 Å². The highest BCUT2D eigenvalue weighted by atomic mass is 16.7. The molecule has 1 saturated carbocycles. The zero-order chi connectivity index (χ0) is 39.9. The summed E-state index contributed by atoms with van der Waals surface area (Å²) >= 11 is 0. The van der Waals surface area contributed by atoms with Gasteiger partial charge in [-0.2, -0.15) is 0 Å². The van der Waals surface area contributed by atoms with Crippen molar-refractivity contribution >= 4 is 18.1 Å². The molecule has 3 fully saturated rings. The van der Waals surface area contributed by atoms with Crippen LogP contribution in [0.25, 0.3) is 11.3 Å². The summed E-state index contributed by atoms with van der Waals surface area (Å²) in [6.07, 6.45) is 1.87. The number of amides is 3. The van der Waals surface area contributed by atoms with Crippen LogP contribution in [0.15, 0.2) is 79.0 Å². The number of hydrogen-bond donors (Lipinski definition) is 4. The number of carbonyl (C=O) groups excluding carboxylic acids is 3. The average molecular weight is 772 g/mol. The number of ether oxygens (including phenoxy) is 4. The summed E-state index contributed by atoms with van der Waals surface area (Å²) in [6, 6.07) is 21.3. The Labute approximate surface area is 329 Å². The van der Waals surface area contributed by atoms with E-state index < -0.39 is 47.3 Å². The van der Waals surface area contributed by atoms with Crippen molar-refractivity contribution in [3.05, 3.63) is 90.1 Å². The summed E-state index contributed by atoms with van der Waals surface area (Å²) in [7, 11) is 0. The van der Waals surface area contributed by atoms with Gasteiger partial charge in [-0.05, 0) is 60.8 Å². The van der Waals surface area contributed by atoms with Crippen LogP contribution >= 0.6 is 0 Å². The van der Waals surface area contributed by atoms with Gasteiger partial charge in [-0.1, -0.05) is 95.3 Å². The number of aliphatic hydroxyl groups excluding tert-OH is 1. The van der Waals surface area contributed by atoms with Crippen molar-refractivity contribution in [3.8, 4) is 11.3 Å². The summed E-state index contributed by atoms with van der Waals surface area (Å²) in [6.45, 7) is 10.3. The van der Waals surface area contributed by atoms with E-state index in [1.54, 1.807) is 11.2 Å². The first-order valence-electron chi connectivity index (χ1n) is 19.8. The number of hydrogen-bond acceptors (Lipinski definition) is 10. The topological polar surface area (TPSA) is 161 Å². The van der Waals surface area contributed by atoms with E-state index in [1.165, 1.54) is 0 Å². The van der Waals surface area contributed by atoms with E-state index in [9.17, 15) is 19.5 Å². The van der Waals surface area contributed by atoms with Gasteiger partial charge in [0.05, 0.1) is 31.1 Å². The number of alkyl carbamates (subject to hydrolysis) is 2. The summed E-state index contributed by atoms with van der Waals surface area (Å²) in [5.74, 6) is -0.252. The summed E-state index contributed by atoms with van der Waals surface area (Å²) in [5, 5.41) is 19.4. The van der Waals surface area contributed by atoms with E-state index in [4.69, 9.17) is 18.9 Å². The minimum Gasteiger partial charge on any atom is -0.446 e. The molecule has 2 aliphatic heterocycles. The van der Waals surface area contributed by atoms with Gasteiger partial charge >= 0.3 is 12.2 Å². The minimum atomic E-state index is -1.17. The Bertz CT molecular complexity index is 1750. The highest BCUT2D eigenvalue weighted by molar-refractivity contribution is 5.86. The van der Waals surface area contributed by atoms with Crippen molar-refractivity contribution in [2.45, 2.75) is 109 Å². The maximum atomic E-state index is 14.1. The molecule has 3 aromatic rings. The number of nitrogens with one attached hydrogen (secondary N) is 3. The third-order valence-corrected chi connectivity index (χ3v) is 11.2. The van der Waals surface area contributed by atoms with Crippen molar-refractivity contribution in [2.24, 2.45) is 17.3 Å². The lowest BCUT2D eigenvalue weighted by molar-refractivity contribution is -0.200. The first-order chi connectivity index (χ1) is 26.9. The number of nitrogens with zero attached hydrogens (tertiary/aromatic N) is 2. The monoisotopic (exact) mass is 771 g/mol. The van der Waals surface area contributed by atoms with Crippen molar-refractivity contribution in [1.82, 2.24) is 26.1 Å². The maximum Gasteiger partial charge on any atom is 0.408 e. The van der Waals surface area contributed by atoms with E-state index in [2.05, 4.69) is 21.0 Å². The molecule has 3 amide bonds. The Hall–Kier alpha value is -4.56. The zero-order valence-electron chi connectivity index (χ0n) is 33.1. The normalized spacial score (nSPS) is 23.0. The van der Waals surface area contributed by atoms with Crippen LogP contribution < -0.4 is 16.1 Å². The lowest BCUT2D eigenvalue weighted by Crippen LogP contribution is -2.59. The van der Waals surface area contributed by atoms with Crippen LogP contribution in [0, 0.1) is 17.3 Å². The molecule has 1 aromatic heterocycles. The lowest BCUT2D eigenvalue weighted by Gasteiger charge is -2.36. The Balaban J connectivity index is 1.22. The molecule has 56 heavy (non-hydrogen) atoms. The number of rotatable bonds is 16. The van der Waals surface area contributed by atoms with Gasteiger partial charge in [-0.25, -0.2) is 14.6 Å². The Kier molecular flexibility index (Phi) is 13.3. The van der Waals surface area contributed by atoms with Crippen LogP contribution in [0.1, 0.15) is 71.4 Å². The molecule has 4 unspecified atom stereocenters. The number of aliphatic hydroxyl groups is 1. The second kappa shape index (κ2) is 18.1. The molecule has 3 bridgehead atoms. The molecule has 2 saturated heterocycles. The third kappa shape index (κ3) is 10.2. The van der Waals surface area contributed by atoms with Crippen LogP contribution in [-0.4, -0.2) is 89.1 Å². The van der Waals surface area contributed by atoms with Gasteiger partial charge in [0.25, 0.3) is 5.91 Å². The third-order valence-electron chi connectivity index (χ3n) is 11.2. The van der Waals surface area contributed by atoms with Gasteiger partial charge < -0.3 is 34.7 Å². The SMILES string of the molecule is CCC(CC)OC(=O)N[C@H](C(=O)NN(Cc1ccc(-c2ccccn2)cc1)C[C@H](O)[C@H](Cc1ccccc1)NC(=O)OC12COC3OCC1CC3C2)C(C)(C)C. The molecule has 2 aromatic carbocycles. The van der Waals surface area contributed by atoms with Crippen LogP contribution in [-0.2, 0) is 36.7 Å². The smallest absolute Gasteiger partial charge is 0.408 e. The fourth-order valence-corrected chi connectivity index (χ4v) is 8.00. The molecular formula is C43H57N5O8. The fourth-order valence-electron chi connectivity index (χ4n) is 8.00. The number of hydrazine groups is 1. The number of pyridine rings is 1. The summed E-state index contributed by atoms with van der Waals surface area (Å²) in [4.78, 5) is 45.3. The number of fused-ring (bicyclic) bond motifs is 3. The van der Waals surface area contributed by atoms with Crippen LogP contribution in [0.4, 0.5) is 9.59 Å². The molecule has 302 valence electrons. The first kappa shape index (κ1) is 41.1. The van der Waals surface area contributed by atoms with Gasteiger partial charge in [-0.15, -0.1) is 0 Å². The maximum absolute atomic E-state index is 14.1. The second-order valence-electron chi connectivity index (χ2n) is 16.4. The summed E-state index contributed by atoms with van der Waals surface area (Å²) < 4.78 is 23.5. The largest absolute Gasteiger partial charge is 0.446 e. The van der Waals surface area contributed by atoms with Crippen molar-refractivity contribution < 1.29 is 38.4 Å². The molecule has 0 radical (unpaired) electrons. The molecule has 1 aliphatic carbocycles. The first-order valence-corrected chi connectivity index (χ1v) is 19.8. The van der Waals surface area contributed by atoms with Crippen molar-refractivity contribution in [1.29, 1.82) is 0 Å². The van der Waals surface area contributed by atoms with Gasteiger partial charge in [0, 0.05) is 36.7 Å². The zero-order valence-corrected chi connectivity index (χ0v) is 33.1. The van der Waals surface area contributed by atoms with Crippen LogP contribution in [0.2, 0.25) is 0 Å².